The van der Waals surface area contributed by atoms with Crippen molar-refractivity contribution >= 4 is 17.5 Å². The van der Waals surface area contributed by atoms with Crippen molar-refractivity contribution in [2.45, 2.75) is 39.2 Å². The first kappa shape index (κ1) is 21.3. The maximum absolute atomic E-state index is 12.8. The molecule has 0 aliphatic rings. The van der Waals surface area contributed by atoms with Gasteiger partial charge in [0.05, 0.1) is 18.4 Å². The van der Waals surface area contributed by atoms with Gasteiger partial charge in [0.1, 0.15) is 0 Å². The average molecular weight is 384 g/mol. The molecule has 0 aliphatic heterocycles. The second kappa shape index (κ2) is 11.0. The zero-order chi connectivity index (χ0) is 20.4. The van der Waals surface area contributed by atoms with Crippen LogP contribution in [-0.4, -0.2) is 31.6 Å². The molecule has 2 aromatic carbocycles. The van der Waals surface area contributed by atoms with E-state index >= 15 is 0 Å². The third kappa shape index (κ3) is 5.74. The number of rotatable bonds is 10. The lowest BCUT2D eigenvalue weighted by molar-refractivity contribution is -0.122. The fraction of sp³-hybridized carbons (Fsp3) is 0.364. The molecule has 0 fully saturated rings. The second-order valence-corrected chi connectivity index (χ2v) is 6.31. The molecule has 0 aliphatic carbocycles. The van der Waals surface area contributed by atoms with Crippen LogP contribution in [0.5, 0.6) is 11.5 Å². The van der Waals surface area contributed by atoms with Crippen molar-refractivity contribution < 1.29 is 19.1 Å². The molecule has 0 heterocycles. The fourth-order valence-electron chi connectivity index (χ4n) is 2.67. The second-order valence-electron chi connectivity index (χ2n) is 6.31. The molecule has 0 saturated heterocycles. The van der Waals surface area contributed by atoms with Crippen molar-refractivity contribution in [3.63, 3.8) is 0 Å². The van der Waals surface area contributed by atoms with Crippen LogP contribution in [0, 0.1) is 0 Å². The van der Waals surface area contributed by atoms with Crippen LogP contribution >= 0.6 is 0 Å². The van der Waals surface area contributed by atoms with Crippen LogP contribution in [0.15, 0.2) is 48.5 Å². The first-order valence-corrected chi connectivity index (χ1v) is 9.58. The van der Waals surface area contributed by atoms with E-state index in [2.05, 4.69) is 17.6 Å². The lowest BCUT2D eigenvalue weighted by Gasteiger charge is -2.19. The molecule has 0 saturated carbocycles. The molecule has 2 amide bonds. The minimum Gasteiger partial charge on any atom is -0.493 e. The van der Waals surface area contributed by atoms with Crippen molar-refractivity contribution in [2.75, 3.05) is 19.0 Å². The number of hydrogen-bond donors (Lipinski definition) is 2. The van der Waals surface area contributed by atoms with Crippen molar-refractivity contribution in [2.24, 2.45) is 0 Å². The van der Waals surface area contributed by atoms with E-state index in [0.717, 1.165) is 12.8 Å². The summed E-state index contributed by atoms with van der Waals surface area (Å²) in [5.74, 6) is 0.535. The summed E-state index contributed by atoms with van der Waals surface area (Å²) >= 11 is 0. The highest BCUT2D eigenvalue weighted by molar-refractivity contribution is 6.04. The highest BCUT2D eigenvalue weighted by atomic mass is 16.5. The van der Waals surface area contributed by atoms with E-state index < -0.39 is 6.10 Å². The molecule has 150 valence electrons. The molecular formula is C22H28N2O4. The number of unbranched alkanes of at least 4 members (excludes halogenated alkanes) is 1. The van der Waals surface area contributed by atoms with E-state index in [-0.39, 0.29) is 11.8 Å². The predicted octanol–water partition coefficient (Wildman–Crippen LogP) is 4.02. The van der Waals surface area contributed by atoms with Crippen LogP contribution < -0.4 is 20.1 Å². The van der Waals surface area contributed by atoms with Crippen molar-refractivity contribution in [3.05, 3.63) is 54.1 Å². The highest BCUT2D eigenvalue weighted by Gasteiger charge is 2.22. The lowest BCUT2D eigenvalue weighted by atomic mass is 10.1. The summed E-state index contributed by atoms with van der Waals surface area (Å²) in [5, 5.41) is 5.70. The van der Waals surface area contributed by atoms with Gasteiger partial charge in [0.2, 0.25) is 0 Å². The van der Waals surface area contributed by atoms with Crippen LogP contribution in [0.1, 0.15) is 43.5 Å². The standard InChI is InChI=1S/C22H28N2O4/c1-4-6-15-23-21(25)16-11-7-8-12-17(16)24-22(26)18(5-2)28-20-14-10-9-13-19(20)27-3/h7-14,18H,4-6,15H2,1-3H3,(H,23,25)(H,24,26)/t18-/m0/s1. The quantitative estimate of drug-likeness (QED) is 0.607. The molecule has 1 atom stereocenters. The van der Waals surface area contributed by atoms with Gasteiger partial charge >= 0.3 is 0 Å². The Bertz CT molecular complexity index is 792. The van der Waals surface area contributed by atoms with E-state index in [9.17, 15) is 9.59 Å². The number of carbonyl (C=O) groups is 2. The Hall–Kier alpha value is -3.02. The minimum atomic E-state index is -0.715. The van der Waals surface area contributed by atoms with Gasteiger partial charge in [-0.15, -0.1) is 0 Å². The molecule has 2 aromatic rings. The van der Waals surface area contributed by atoms with E-state index in [1.807, 2.05) is 19.1 Å². The number of anilines is 1. The Morgan fingerprint density at radius 3 is 2.36 bits per heavy atom. The van der Waals surface area contributed by atoms with Crippen LogP contribution in [0.4, 0.5) is 5.69 Å². The Morgan fingerprint density at radius 2 is 1.68 bits per heavy atom. The summed E-state index contributed by atoms with van der Waals surface area (Å²) in [5.41, 5.74) is 0.891. The van der Waals surface area contributed by atoms with Gasteiger partial charge in [-0.25, -0.2) is 0 Å². The van der Waals surface area contributed by atoms with Gasteiger partial charge in [0.25, 0.3) is 11.8 Å². The zero-order valence-electron chi connectivity index (χ0n) is 16.7. The monoisotopic (exact) mass is 384 g/mol. The molecular weight excluding hydrogens is 356 g/mol. The first-order valence-electron chi connectivity index (χ1n) is 9.58. The van der Waals surface area contributed by atoms with Gasteiger partial charge in [0, 0.05) is 6.54 Å². The Kier molecular flexibility index (Phi) is 8.34. The molecule has 0 aromatic heterocycles. The Balaban J connectivity index is 2.11. The molecule has 2 N–H and O–H groups in total. The van der Waals surface area contributed by atoms with Gasteiger partial charge in [-0.2, -0.15) is 0 Å². The smallest absolute Gasteiger partial charge is 0.265 e. The number of carbonyl (C=O) groups excluding carboxylic acids is 2. The summed E-state index contributed by atoms with van der Waals surface area (Å²) in [4.78, 5) is 25.2. The Morgan fingerprint density at radius 1 is 1.00 bits per heavy atom. The van der Waals surface area contributed by atoms with Gasteiger partial charge < -0.3 is 20.1 Å². The number of hydrogen-bond acceptors (Lipinski definition) is 4. The van der Waals surface area contributed by atoms with Gasteiger partial charge in [-0.05, 0) is 37.1 Å². The molecule has 2 rings (SSSR count). The fourth-order valence-corrected chi connectivity index (χ4v) is 2.67. The maximum Gasteiger partial charge on any atom is 0.265 e. The number of ether oxygens (including phenoxy) is 2. The van der Waals surface area contributed by atoms with E-state index in [1.54, 1.807) is 43.5 Å². The third-order valence-electron chi connectivity index (χ3n) is 4.25. The third-order valence-corrected chi connectivity index (χ3v) is 4.25. The normalized spacial score (nSPS) is 11.4. The molecule has 0 radical (unpaired) electrons. The van der Waals surface area contributed by atoms with Crippen LogP contribution in [0.2, 0.25) is 0 Å². The lowest BCUT2D eigenvalue weighted by Crippen LogP contribution is -2.33. The molecule has 0 spiro atoms. The summed E-state index contributed by atoms with van der Waals surface area (Å²) in [6.45, 7) is 4.53. The molecule has 28 heavy (non-hydrogen) atoms. The van der Waals surface area contributed by atoms with Gasteiger partial charge in [0.15, 0.2) is 17.6 Å². The molecule has 0 bridgehead atoms. The molecule has 0 unspecified atom stereocenters. The van der Waals surface area contributed by atoms with Crippen molar-refractivity contribution in [3.8, 4) is 11.5 Å². The largest absolute Gasteiger partial charge is 0.493 e. The summed E-state index contributed by atoms with van der Waals surface area (Å²) < 4.78 is 11.1. The van der Waals surface area contributed by atoms with Gasteiger partial charge in [-0.3, -0.25) is 9.59 Å². The van der Waals surface area contributed by atoms with E-state index in [4.69, 9.17) is 9.47 Å². The van der Waals surface area contributed by atoms with Crippen molar-refractivity contribution in [1.29, 1.82) is 0 Å². The first-order chi connectivity index (χ1) is 13.6. The summed E-state index contributed by atoms with van der Waals surface area (Å²) in [6, 6.07) is 14.1. The summed E-state index contributed by atoms with van der Waals surface area (Å²) in [7, 11) is 1.55. The van der Waals surface area contributed by atoms with Crippen molar-refractivity contribution in [1.82, 2.24) is 5.32 Å². The SMILES string of the molecule is CCCCNC(=O)c1ccccc1NC(=O)[C@H](CC)Oc1ccccc1OC. The summed E-state index contributed by atoms with van der Waals surface area (Å²) in [6.07, 6.45) is 1.66. The molecule has 6 nitrogen and oxygen atoms in total. The van der Waals surface area contributed by atoms with Crippen LogP contribution in [0.3, 0.4) is 0 Å². The number of benzene rings is 2. The topological polar surface area (TPSA) is 76.7 Å². The number of nitrogens with one attached hydrogen (secondary N) is 2. The highest BCUT2D eigenvalue weighted by Crippen LogP contribution is 2.27. The number of amides is 2. The van der Waals surface area contributed by atoms with Crippen LogP contribution in [0.25, 0.3) is 0 Å². The zero-order valence-corrected chi connectivity index (χ0v) is 16.7. The van der Waals surface area contributed by atoms with E-state index in [1.165, 1.54) is 0 Å². The average Bonchev–Trinajstić information content (AvgIpc) is 2.72. The maximum atomic E-state index is 12.8. The number of para-hydroxylation sites is 3. The minimum absolute atomic E-state index is 0.206. The Labute approximate surface area is 166 Å². The van der Waals surface area contributed by atoms with Gasteiger partial charge in [-0.1, -0.05) is 44.5 Å². The number of methoxy groups -OCH3 is 1. The molecule has 6 heteroatoms. The predicted molar refractivity (Wildman–Crippen MR) is 110 cm³/mol. The van der Waals surface area contributed by atoms with E-state index in [0.29, 0.717) is 35.7 Å². The van der Waals surface area contributed by atoms with Crippen LogP contribution in [-0.2, 0) is 4.79 Å².